The van der Waals surface area contributed by atoms with Gasteiger partial charge in [-0.05, 0) is 37.1 Å². The molecule has 21 heavy (non-hydrogen) atoms. The van der Waals surface area contributed by atoms with E-state index in [2.05, 4.69) is 0 Å². The third kappa shape index (κ3) is 3.87. The van der Waals surface area contributed by atoms with Gasteiger partial charge in [-0.2, -0.15) is 13.2 Å². The lowest BCUT2D eigenvalue weighted by molar-refractivity contribution is -0.187. The van der Waals surface area contributed by atoms with Crippen molar-refractivity contribution in [3.05, 3.63) is 29.3 Å². The van der Waals surface area contributed by atoms with Gasteiger partial charge in [-0.15, -0.1) is 0 Å². The molecule has 1 unspecified atom stereocenters. The van der Waals surface area contributed by atoms with Crippen LogP contribution in [0.5, 0.6) is 0 Å². The zero-order valence-electron chi connectivity index (χ0n) is 11.5. The van der Waals surface area contributed by atoms with Gasteiger partial charge in [-0.3, -0.25) is 9.69 Å². The number of rotatable bonds is 3. The third-order valence-corrected chi connectivity index (χ3v) is 3.79. The molecule has 1 fully saturated rings. The molecule has 1 aromatic carbocycles. The van der Waals surface area contributed by atoms with Gasteiger partial charge >= 0.3 is 6.18 Å². The van der Waals surface area contributed by atoms with Gasteiger partial charge in [-0.1, -0.05) is 6.07 Å². The highest BCUT2D eigenvalue weighted by atomic mass is 19.4. The van der Waals surface area contributed by atoms with E-state index in [0.29, 0.717) is 36.3 Å². The van der Waals surface area contributed by atoms with Gasteiger partial charge in [-0.25, -0.2) is 0 Å². The van der Waals surface area contributed by atoms with Crippen LogP contribution < -0.4 is 11.5 Å². The van der Waals surface area contributed by atoms with Crippen molar-refractivity contribution >= 4 is 11.6 Å². The van der Waals surface area contributed by atoms with Crippen molar-refractivity contribution in [3.63, 3.8) is 0 Å². The molecular weight excluding hydrogens is 283 g/mol. The number of alkyl halides is 3. The second-order valence-electron chi connectivity index (χ2n) is 5.39. The summed E-state index contributed by atoms with van der Waals surface area (Å²) < 4.78 is 38.3. The molecule has 116 valence electrons. The highest BCUT2D eigenvalue weighted by Crippen LogP contribution is 2.33. The number of halogens is 3. The average molecular weight is 301 g/mol. The Kier molecular flexibility index (Phi) is 4.41. The molecule has 1 aliphatic rings. The largest absolute Gasteiger partial charge is 0.398 e. The average Bonchev–Trinajstić information content (AvgIpc) is 2.40. The summed E-state index contributed by atoms with van der Waals surface area (Å²) in [6, 6.07) is 4.65. The number of hydrogen-bond acceptors (Lipinski definition) is 3. The van der Waals surface area contributed by atoms with Gasteiger partial charge in [0.05, 0.1) is 5.92 Å². The lowest BCUT2D eigenvalue weighted by Gasteiger charge is -2.33. The fourth-order valence-electron chi connectivity index (χ4n) is 2.60. The number of benzene rings is 1. The molecule has 1 atom stereocenters. The number of nitrogens with zero attached hydrogens (tertiary/aromatic N) is 1. The minimum atomic E-state index is -4.15. The van der Waals surface area contributed by atoms with E-state index < -0.39 is 18.0 Å². The topological polar surface area (TPSA) is 72.4 Å². The molecule has 0 spiro atoms. The van der Waals surface area contributed by atoms with Crippen LogP contribution in [0.4, 0.5) is 18.9 Å². The maximum atomic E-state index is 12.8. The molecule has 0 bridgehead atoms. The molecule has 0 aliphatic carbocycles. The molecule has 0 saturated carbocycles. The lowest BCUT2D eigenvalue weighted by Crippen LogP contribution is -2.41. The van der Waals surface area contributed by atoms with Crippen molar-refractivity contribution in [1.29, 1.82) is 0 Å². The Balaban J connectivity index is 2.06. The minimum Gasteiger partial charge on any atom is -0.398 e. The maximum absolute atomic E-state index is 12.8. The number of carbonyl (C=O) groups excluding carboxylic acids is 1. The Morgan fingerprint density at radius 2 is 2.10 bits per heavy atom. The number of piperidine rings is 1. The number of primary amides is 1. The van der Waals surface area contributed by atoms with Crippen molar-refractivity contribution < 1.29 is 18.0 Å². The monoisotopic (exact) mass is 301 g/mol. The predicted octanol–water partition coefficient (Wildman–Crippen LogP) is 2.14. The Hall–Kier alpha value is -1.76. The van der Waals surface area contributed by atoms with Crippen molar-refractivity contribution in [2.24, 2.45) is 11.7 Å². The Bertz CT molecular complexity index is 531. The summed E-state index contributed by atoms with van der Waals surface area (Å²) in [5.41, 5.74) is 12.4. The molecule has 0 aromatic heterocycles. The van der Waals surface area contributed by atoms with E-state index in [1.54, 1.807) is 17.0 Å². The van der Waals surface area contributed by atoms with E-state index in [1.807, 2.05) is 0 Å². The number of carbonyl (C=O) groups is 1. The molecule has 1 heterocycles. The number of nitrogen functional groups attached to an aromatic ring is 1. The normalized spacial score (nSPS) is 20.4. The van der Waals surface area contributed by atoms with Gasteiger partial charge in [0.15, 0.2) is 0 Å². The molecule has 4 nitrogen and oxygen atoms in total. The second kappa shape index (κ2) is 5.93. The van der Waals surface area contributed by atoms with E-state index in [4.69, 9.17) is 11.5 Å². The fourth-order valence-corrected chi connectivity index (χ4v) is 2.60. The number of amides is 1. The zero-order valence-corrected chi connectivity index (χ0v) is 11.5. The molecule has 1 aromatic rings. The van der Waals surface area contributed by atoms with E-state index in [0.717, 1.165) is 0 Å². The Morgan fingerprint density at radius 1 is 1.38 bits per heavy atom. The summed E-state index contributed by atoms with van der Waals surface area (Å²) in [4.78, 5) is 12.8. The standard InChI is InChI=1S/C14H18F3N3O/c15-14(16,17)11-2-1-5-20(8-11)7-10-4-3-9(13(19)21)6-12(10)18/h3-4,6,11H,1-2,5,7-8,18H2,(H2,19,21). The predicted molar refractivity (Wildman–Crippen MR) is 73.4 cm³/mol. The summed E-state index contributed by atoms with van der Waals surface area (Å²) in [7, 11) is 0. The smallest absolute Gasteiger partial charge is 0.393 e. The molecular formula is C14H18F3N3O. The van der Waals surface area contributed by atoms with Crippen LogP contribution in [-0.2, 0) is 6.54 Å². The van der Waals surface area contributed by atoms with Crippen molar-refractivity contribution in [2.45, 2.75) is 25.6 Å². The first kappa shape index (κ1) is 15.6. The van der Waals surface area contributed by atoms with Gasteiger partial charge in [0, 0.05) is 24.3 Å². The van der Waals surface area contributed by atoms with Gasteiger partial charge in [0.1, 0.15) is 0 Å². The van der Waals surface area contributed by atoms with Crippen LogP contribution in [0.3, 0.4) is 0 Å². The van der Waals surface area contributed by atoms with Gasteiger partial charge in [0.2, 0.25) is 5.91 Å². The van der Waals surface area contributed by atoms with Gasteiger partial charge in [0.25, 0.3) is 0 Å². The summed E-state index contributed by atoms with van der Waals surface area (Å²) in [6.45, 7) is 0.946. The van der Waals surface area contributed by atoms with Crippen molar-refractivity contribution in [3.8, 4) is 0 Å². The molecule has 1 saturated heterocycles. The van der Waals surface area contributed by atoms with E-state index in [-0.39, 0.29) is 13.0 Å². The third-order valence-electron chi connectivity index (χ3n) is 3.79. The van der Waals surface area contributed by atoms with E-state index in [1.165, 1.54) is 6.07 Å². The van der Waals surface area contributed by atoms with Crippen molar-refractivity contribution in [2.75, 3.05) is 18.8 Å². The quantitative estimate of drug-likeness (QED) is 0.840. The minimum absolute atomic E-state index is 0.0134. The van der Waals surface area contributed by atoms with Crippen LogP contribution in [0.15, 0.2) is 18.2 Å². The summed E-state index contributed by atoms with van der Waals surface area (Å²) in [6.07, 6.45) is -3.46. The first-order valence-electron chi connectivity index (χ1n) is 6.74. The van der Waals surface area contributed by atoms with Crippen molar-refractivity contribution in [1.82, 2.24) is 4.90 Å². The molecule has 0 radical (unpaired) electrons. The molecule has 2 rings (SSSR count). The number of likely N-dealkylation sites (tertiary alicyclic amines) is 1. The lowest BCUT2D eigenvalue weighted by atomic mass is 9.97. The maximum Gasteiger partial charge on any atom is 0.393 e. The molecule has 1 aliphatic heterocycles. The summed E-state index contributed by atoms with van der Waals surface area (Å²) in [5, 5.41) is 0. The van der Waals surface area contributed by atoms with Gasteiger partial charge < -0.3 is 11.5 Å². The van der Waals surface area contributed by atoms with E-state index in [9.17, 15) is 18.0 Å². The number of nitrogens with two attached hydrogens (primary N) is 2. The fraction of sp³-hybridized carbons (Fsp3) is 0.500. The Labute approximate surface area is 120 Å². The summed E-state index contributed by atoms with van der Waals surface area (Å²) in [5.74, 6) is -1.86. The Morgan fingerprint density at radius 3 is 2.67 bits per heavy atom. The zero-order chi connectivity index (χ0) is 15.6. The van der Waals surface area contributed by atoms with E-state index >= 15 is 0 Å². The summed E-state index contributed by atoms with van der Waals surface area (Å²) >= 11 is 0. The highest BCUT2D eigenvalue weighted by Gasteiger charge is 2.41. The van der Waals surface area contributed by atoms with Crippen LogP contribution >= 0.6 is 0 Å². The number of anilines is 1. The highest BCUT2D eigenvalue weighted by molar-refractivity contribution is 5.93. The molecule has 1 amide bonds. The molecule has 4 N–H and O–H groups in total. The van der Waals surface area contributed by atoms with Crippen LogP contribution in [0, 0.1) is 5.92 Å². The van der Waals surface area contributed by atoms with Crippen LogP contribution in [0.25, 0.3) is 0 Å². The van der Waals surface area contributed by atoms with Crippen LogP contribution in [0.1, 0.15) is 28.8 Å². The van der Waals surface area contributed by atoms with Crippen LogP contribution in [-0.4, -0.2) is 30.1 Å². The SMILES string of the molecule is NC(=O)c1ccc(CN2CCCC(C(F)(F)F)C2)c(N)c1. The van der Waals surface area contributed by atoms with Crippen LogP contribution in [0.2, 0.25) is 0 Å². The number of hydrogen-bond donors (Lipinski definition) is 2. The first-order valence-corrected chi connectivity index (χ1v) is 6.74. The molecule has 7 heteroatoms. The second-order valence-corrected chi connectivity index (χ2v) is 5.39. The first-order chi connectivity index (χ1) is 9.77.